The van der Waals surface area contributed by atoms with Gasteiger partial charge in [-0.15, -0.1) is 0 Å². The summed E-state index contributed by atoms with van der Waals surface area (Å²) in [6.45, 7) is 4.39. The van der Waals surface area contributed by atoms with Crippen LogP contribution >= 0.6 is 0 Å². The predicted molar refractivity (Wildman–Crippen MR) is 108 cm³/mol. The molecule has 0 saturated carbocycles. The number of amides is 2. The van der Waals surface area contributed by atoms with E-state index < -0.39 is 11.9 Å². The Hall–Kier alpha value is -3.59. The van der Waals surface area contributed by atoms with Crippen molar-refractivity contribution in [3.8, 4) is 0 Å². The van der Waals surface area contributed by atoms with E-state index in [4.69, 9.17) is 16.1 Å². The van der Waals surface area contributed by atoms with Crippen LogP contribution in [0.2, 0.25) is 0 Å². The molecule has 0 aromatic heterocycles. The number of hydrogen-bond donors (Lipinski definition) is 5. The molecule has 1 heterocycles. The van der Waals surface area contributed by atoms with Crippen molar-refractivity contribution in [2.24, 2.45) is 16.8 Å². The molecule has 0 saturated heterocycles. The fourth-order valence-corrected chi connectivity index (χ4v) is 3.47. The van der Waals surface area contributed by atoms with Crippen molar-refractivity contribution in [2.45, 2.75) is 26.4 Å². The minimum Gasteiger partial charge on any atom is -0.409 e. The lowest BCUT2D eigenvalue weighted by molar-refractivity contribution is -0.118. The van der Waals surface area contributed by atoms with Crippen LogP contribution in [0.1, 0.15) is 35.3 Å². The number of amidine groups is 1. The van der Waals surface area contributed by atoms with Gasteiger partial charge in [0.15, 0.2) is 5.84 Å². The summed E-state index contributed by atoms with van der Waals surface area (Å²) < 4.78 is 0. The third kappa shape index (κ3) is 3.99. The fraction of sp³-hybridized carbons (Fsp3) is 0.250. The SMILES string of the molecule is CC(C)C1C(=O)Nc2cc(C(=O)NO)ccc2N1Cc1ccc(C(N)=NO)cc1. The van der Waals surface area contributed by atoms with Crippen LogP contribution in [-0.4, -0.2) is 34.1 Å². The Kier molecular flexibility index (Phi) is 5.69. The van der Waals surface area contributed by atoms with E-state index in [1.165, 1.54) is 6.07 Å². The second-order valence-corrected chi connectivity index (χ2v) is 7.16. The molecule has 29 heavy (non-hydrogen) atoms. The topological polar surface area (TPSA) is 140 Å². The lowest BCUT2D eigenvalue weighted by Gasteiger charge is -2.40. The van der Waals surface area contributed by atoms with Gasteiger partial charge >= 0.3 is 0 Å². The zero-order valence-electron chi connectivity index (χ0n) is 16.1. The summed E-state index contributed by atoms with van der Waals surface area (Å²) in [6, 6.07) is 11.7. The maximum absolute atomic E-state index is 12.8. The molecular formula is C20H23N5O4. The summed E-state index contributed by atoms with van der Waals surface area (Å²) in [7, 11) is 0. The van der Waals surface area contributed by atoms with Gasteiger partial charge < -0.3 is 21.2 Å². The third-order valence-corrected chi connectivity index (χ3v) is 4.87. The van der Waals surface area contributed by atoms with Crippen molar-refractivity contribution >= 4 is 29.0 Å². The quantitative estimate of drug-likeness (QED) is 0.172. The zero-order valence-corrected chi connectivity index (χ0v) is 16.1. The van der Waals surface area contributed by atoms with Crippen LogP contribution in [0.25, 0.3) is 0 Å². The first-order chi connectivity index (χ1) is 13.8. The van der Waals surface area contributed by atoms with E-state index in [-0.39, 0.29) is 23.2 Å². The molecule has 0 aliphatic carbocycles. The number of rotatable bonds is 5. The lowest BCUT2D eigenvalue weighted by atomic mass is 9.96. The molecular weight excluding hydrogens is 374 g/mol. The lowest BCUT2D eigenvalue weighted by Crippen LogP contribution is -2.50. The summed E-state index contributed by atoms with van der Waals surface area (Å²) in [5.74, 6) is -0.755. The molecule has 2 aromatic carbocycles. The van der Waals surface area contributed by atoms with Crippen molar-refractivity contribution in [3.05, 3.63) is 59.2 Å². The van der Waals surface area contributed by atoms with Crippen LogP contribution < -0.4 is 21.4 Å². The molecule has 9 heteroatoms. The summed E-state index contributed by atoms with van der Waals surface area (Å²) >= 11 is 0. The largest absolute Gasteiger partial charge is 0.409 e. The first-order valence-corrected chi connectivity index (χ1v) is 9.08. The van der Waals surface area contributed by atoms with Crippen LogP contribution in [0.4, 0.5) is 11.4 Å². The Morgan fingerprint density at radius 3 is 2.48 bits per heavy atom. The number of fused-ring (bicyclic) bond motifs is 1. The van der Waals surface area contributed by atoms with Crippen molar-refractivity contribution in [2.75, 3.05) is 10.2 Å². The maximum Gasteiger partial charge on any atom is 0.274 e. The van der Waals surface area contributed by atoms with Crippen LogP contribution in [0.5, 0.6) is 0 Å². The fourth-order valence-electron chi connectivity index (χ4n) is 3.47. The standard InChI is InChI=1S/C20H23N5O4/c1-11(2)17-20(27)22-15-9-14(19(26)24-29)7-8-16(15)25(17)10-12-3-5-13(6-4-12)18(21)23-28/h3-9,11,17,28-29H,10H2,1-2H3,(H2,21,23)(H,22,27)(H,24,26). The monoisotopic (exact) mass is 397 g/mol. The predicted octanol–water partition coefficient (Wildman–Crippen LogP) is 1.88. The Bertz CT molecular complexity index is 956. The van der Waals surface area contributed by atoms with E-state index in [9.17, 15) is 9.59 Å². The maximum atomic E-state index is 12.8. The Morgan fingerprint density at radius 2 is 1.90 bits per heavy atom. The summed E-state index contributed by atoms with van der Waals surface area (Å²) in [5.41, 5.74) is 10.2. The molecule has 6 N–H and O–H groups in total. The number of hydroxylamine groups is 1. The van der Waals surface area contributed by atoms with Crippen molar-refractivity contribution in [1.82, 2.24) is 5.48 Å². The van der Waals surface area contributed by atoms with Crippen LogP contribution in [0.15, 0.2) is 47.6 Å². The first kappa shape index (κ1) is 20.2. The van der Waals surface area contributed by atoms with Gasteiger partial charge in [0.1, 0.15) is 6.04 Å². The molecule has 1 aliphatic rings. The van der Waals surface area contributed by atoms with Crippen LogP contribution in [0, 0.1) is 5.92 Å². The minimum absolute atomic E-state index is 0.0222. The Balaban J connectivity index is 1.98. The molecule has 2 aromatic rings. The number of nitrogens with two attached hydrogens (primary N) is 1. The highest BCUT2D eigenvalue weighted by atomic mass is 16.5. The van der Waals surface area contributed by atoms with Gasteiger partial charge in [0.2, 0.25) is 5.91 Å². The van der Waals surface area contributed by atoms with Gasteiger partial charge in [0, 0.05) is 17.7 Å². The number of carbonyl (C=O) groups excluding carboxylic acids is 2. The summed E-state index contributed by atoms with van der Waals surface area (Å²) in [4.78, 5) is 26.5. The number of nitrogens with one attached hydrogen (secondary N) is 2. The number of carbonyl (C=O) groups is 2. The Labute approximate surface area is 167 Å². The van der Waals surface area contributed by atoms with E-state index in [1.54, 1.807) is 29.7 Å². The third-order valence-electron chi connectivity index (χ3n) is 4.87. The highest BCUT2D eigenvalue weighted by molar-refractivity contribution is 6.05. The van der Waals surface area contributed by atoms with Crippen molar-refractivity contribution in [3.63, 3.8) is 0 Å². The zero-order chi connectivity index (χ0) is 21.1. The number of oxime groups is 1. The molecule has 0 fully saturated rings. The molecule has 0 spiro atoms. The van der Waals surface area contributed by atoms with Gasteiger partial charge in [-0.1, -0.05) is 43.3 Å². The highest BCUT2D eigenvalue weighted by Gasteiger charge is 2.35. The van der Waals surface area contributed by atoms with Gasteiger partial charge in [0.25, 0.3) is 5.91 Å². The molecule has 2 amide bonds. The molecule has 3 rings (SSSR count). The second-order valence-electron chi connectivity index (χ2n) is 7.16. The second kappa shape index (κ2) is 8.19. The van der Waals surface area contributed by atoms with Crippen LogP contribution in [-0.2, 0) is 11.3 Å². The normalized spacial score (nSPS) is 16.4. The van der Waals surface area contributed by atoms with E-state index in [0.29, 0.717) is 17.8 Å². The number of nitrogens with zero attached hydrogens (tertiary/aromatic N) is 2. The van der Waals surface area contributed by atoms with Gasteiger partial charge in [-0.2, -0.15) is 0 Å². The molecule has 1 unspecified atom stereocenters. The molecule has 1 aliphatic heterocycles. The van der Waals surface area contributed by atoms with Crippen LogP contribution in [0.3, 0.4) is 0 Å². The van der Waals surface area contributed by atoms with E-state index in [0.717, 1.165) is 11.3 Å². The minimum atomic E-state index is -0.654. The van der Waals surface area contributed by atoms with Crippen molar-refractivity contribution in [1.29, 1.82) is 0 Å². The number of benzene rings is 2. The van der Waals surface area contributed by atoms with Gasteiger partial charge in [0.05, 0.1) is 11.4 Å². The Morgan fingerprint density at radius 1 is 1.24 bits per heavy atom. The van der Waals surface area contributed by atoms with E-state index >= 15 is 0 Å². The average Bonchev–Trinajstić information content (AvgIpc) is 2.72. The number of hydrogen-bond acceptors (Lipinski definition) is 6. The molecule has 0 radical (unpaired) electrons. The van der Waals surface area contributed by atoms with Gasteiger partial charge in [-0.05, 0) is 29.7 Å². The van der Waals surface area contributed by atoms with E-state index in [2.05, 4.69) is 10.5 Å². The molecule has 0 bridgehead atoms. The average molecular weight is 397 g/mol. The summed E-state index contributed by atoms with van der Waals surface area (Å²) in [5, 5.41) is 23.5. The highest BCUT2D eigenvalue weighted by Crippen LogP contribution is 2.36. The van der Waals surface area contributed by atoms with Crippen molar-refractivity contribution < 1.29 is 20.0 Å². The first-order valence-electron chi connectivity index (χ1n) is 9.08. The number of anilines is 2. The molecule has 9 nitrogen and oxygen atoms in total. The molecule has 1 atom stereocenters. The van der Waals surface area contributed by atoms with Gasteiger partial charge in [-0.25, -0.2) is 5.48 Å². The van der Waals surface area contributed by atoms with E-state index in [1.807, 2.05) is 30.9 Å². The summed E-state index contributed by atoms with van der Waals surface area (Å²) in [6.07, 6.45) is 0. The molecule has 152 valence electrons. The van der Waals surface area contributed by atoms with Gasteiger partial charge in [-0.3, -0.25) is 14.8 Å². The smallest absolute Gasteiger partial charge is 0.274 e.